The van der Waals surface area contributed by atoms with Crippen molar-refractivity contribution in [2.45, 2.75) is 136 Å². The average molecular weight is 1710 g/mol. The maximum atomic E-state index is 12.6. The van der Waals surface area contributed by atoms with Crippen LogP contribution in [-0.2, 0) is 85.1 Å². The first-order valence-electron chi connectivity index (χ1n) is 45.5. The molecule has 4 saturated heterocycles. The van der Waals surface area contributed by atoms with E-state index in [4.69, 9.17) is 0 Å². The molecular weight excluding hydrogens is 1600 g/mol. The molecule has 0 bridgehead atoms. The molecule has 654 valence electrons. The number of carbonyl (C=O) groups excluding carboxylic acids is 4. The molecule has 0 aliphatic carbocycles. The number of amides is 4. The van der Waals surface area contributed by atoms with Gasteiger partial charge in [0.25, 0.3) is 0 Å². The van der Waals surface area contributed by atoms with Gasteiger partial charge in [0.1, 0.15) is 5.69 Å². The van der Waals surface area contributed by atoms with Crippen molar-refractivity contribution in [2.24, 2.45) is 37.8 Å². The summed E-state index contributed by atoms with van der Waals surface area (Å²) in [5.41, 5.74) is 19.0. The summed E-state index contributed by atoms with van der Waals surface area (Å²) in [6, 6.07) is 66.6. The van der Waals surface area contributed by atoms with Crippen LogP contribution in [0.2, 0.25) is 0 Å². The number of nitrogens with one attached hydrogen (secondary N) is 1. The normalized spacial score (nSPS) is 14.8. The van der Waals surface area contributed by atoms with Gasteiger partial charge in [0.15, 0.2) is 0 Å². The fraction of sp³-hybridized carbons (Fsp3) is 0.340. The second-order valence-corrected chi connectivity index (χ2v) is 34.8. The molecule has 8 aromatic carbocycles. The van der Waals surface area contributed by atoms with Crippen LogP contribution in [0.4, 0.5) is 0 Å². The Balaban J connectivity index is 0.000000120. The van der Waals surface area contributed by atoms with Crippen LogP contribution in [-0.4, -0.2) is 180 Å². The standard InChI is InChI=1S/2C26H29N5O.C26H27N5O.C25H28N6O/c1-29-19-24(17-27-29)22-8-9-25-23(15-22)16-28-31(25)18-21-11-13-30(14-12-21)26(32)10-7-20-5-3-2-4-6-20;1-19-24(17-27-29-19)22-8-9-25-23(15-22)16-28-31(25)18-21-11-13-30(14-12-21)26(32)10-7-20-5-3-2-4-6-20;32-26(9-6-20-4-2-1-3-5-20)30-14-10-21(11-15-30)19-31-25-8-7-22(16-23(25)17-29-31)24-18-27-12-13-28-24;1-29-18-23(27-28-29)21-8-9-24-22(15-21)16-26-31(24)17-20-11-13-30(14-12-20)25(32)10-7-19-5-3-2-4-6-19/h2-6,8-9,15-17,19,21H,7,10-14,18H2,1H3;2-6,8-9,15-17,21H,7,10-14,18H2,1H3,(H,27,29);1-5,7-8,12-13,16-18,21H,6,9-11,14-15,19H2;2-6,8-9,15-16,18,20H,7,10-14,17H2,1H3. The summed E-state index contributed by atoms with van der Waals surface area (Å²) in [7, 11) is 3.80. The molecule has 1 N–H and O–H groups in total. The lowest BCUT2D eigenvalue weighted by Crippen LogP contribution is -2.39. The van der Waals surface area contributed by atoms with E-state index in [0.717, 1.165) is 244 Å². The molecule has 0 radical (unpaired) electrons. The van der Waals surface area contributed by atoms with Crippen LogP contribution in [0.1, 0.15) is 105 Å². The number of aryl methyl sites for hydroxylation is 7. The summed E-state index contributed by atoms with van der Waals surface area (Å²) in [4.78, 5) is 67.2. The number of fused-ring (bicyclic) bond motifs is 4. The number of H-pyrrole nitrogens is 1. The fourth-order valence-electron chi connectivity index (χ4n) is 18.4. The van der Waals surface area contributed by atoms with E-state index in [1.807, 2.05) is 168 Å². The number of aromatic amines is 1. The molecular formula is C103H113N21O4. The topological polar surface area (TPSA) is 256 Å². The maximum Gasteiger partial charge on any atom is 0.222 e. The molecule has 8 aromatic heterocycles. The Labute approximate surface area is 746 Å². The van der Waals surface area contributed by atoms with Crippen LogP contribution in [0.3, 0.4) is 0 Å². The van der Waals surface area contributed by atoms with Gasteiger partial charge >= 0.3 is 0 Å². The Hall–Kier alpha value is -13.8. The van der Waals surface area contributed by atoms with Gasteiger partial charge in [0.05, 0.1) is 77.3 Å². The monoisotopic (exact) mass is 1710 g/mol. The molecule has 0 atom stereocenters. The Bertz CT molecular complexity index is 6130. The lowest BCUT2D eigenvalue weighted by atomic mass is 9.96. The molecule has 4 aliphatic heterocycles. The average Bonchev–Trinajstić information content (AvgIpc) is 1.65. The Morgan fingerprint density at radius 2 is 0.688 bits per heavy atom. The number of hydrogen-bond acceptors (Lipinski definition) is 14. The van der Waals surface area contributed by atoms with Crippen LogP contribution in [0.25, 0.3) is 88.4 Å². The molecule has 20 rings (SSSR count). The molecule has 0 saturated carbocycles. The second kappa shape index (κ2) is 41.5. The van der Waals surface area contributed by atoms with E-state index in [0.29, 0.717) is 49.4 Å². The molecule has 25 nitrogen and oxygen atoms in total. The molecule has 4 aliphatic rings. The zero-order chi connectivity index (χ0) is 87.5. The molecule has 4 fully saturated rings. The number of rotatable bonds is 24. The first kappa shape index (κ1) is 86.3. The third kappa shape index (κ3) is 22.1. The van der Waals surface area contributed by atoms with Gasteiger partial charge in [-0.15, -0.1) is 5.10 Å². The van der Waals surface area contributed by atoms with Crippen LogP contribution < -0.4 is 0 Å². The highest BCUT2D eigenvalue weighted by Gasteiger charge is 2.29. The molecule has 0 spiro atoms. The minimum atomic E-state index is 0.272. The van der Waals surface area contributed by atoms with E-state index >= 15 is 0 Å². The highest BCUT2D eigenvalue weighted by atomic mass is 16.2. The van der Waals surface area contributed by atoms with E-state index in [1.165, 1.54) is 27.8 Å². The SMILES string of the molecule is Cc1[nH]ncc1-c1ccc2c(cnn2CC2CCN(C(=O)CCc3ccccc3)CC2)c1.Cn1cc(-c2ccc3c(cnn3CC3CCN(C(=O)CCc4ccccc4)CC3)c2)cn1.Cn1cc(-c2ccc3c(cnn3CC3CCN(C(=O)CCc4ccccc4)CC3)c2)nn1.O=C(CCc1ccccc1)N1CCC(Cn2ncc3cc(-c4cnccn4)ccc32)CC1. The number of benzene rings is 8. The van der Waals surface area contributed by atoms with Gasteiger partial charge in [0.2, 0.25) is 23.6 Å². The molecule has 0 unspecified atom stereocenters. The summed E-state index contributed by atoms with van der Waals surface area (Å²) >= 11 is 0. The summed E-state index contributed by atoms with van der Waals surface area (Å²) < 4.78 is 12.0. The van der Waals surface area contributed by atoms with Crippen molar-refractivity contribution in [1.29, 1.82) is 0 Å². The highest BCUT2D eigenvalue weighted by Crippen LogP contribution is 2.33. The zero-order valence-electron chi connectivity index (χ0n) is 73.5. The Morgan fingerprint density at radius 3 is 1.01 bits per heavy atom. The predicted molar refractivity (Wildman–Crippen MR) is 501 cm³/mol. The van der Waals surface area contributed by atoms with Crippen LogP contribution in [0.5, 0.6) is 0 Å². The summed E-state index contributed by atoms with van der Waals surface area (Å²) in [6.45, 7) is 12.4. The minimum Gasteiger partial charge on any atom is -0.343 e. The highest BCUT2D eigenvalue weighted by molar-refractivity contribution is 5.88. The van der Waals surface area contributed by atoms with Gasteiger partial charge in [-0.3, -0.25) is 62.3 Å². The van der Waals surface area contributed by atoms with E-state index in [-0.39, 0.29) is 23.6 Å². The molecule has 25 heteroatoms. The largest absolute Gasteiger partial charge is 0.343 e. The van der Waals surface area contributed by atoms with Gasteiger partial charge < -0.3 is 19.6 Å². The van der Waals surface area contributed by atoms with Crippen LogP contribution >= 0.6 is 0 Å². The quantitative estimate of drug-likeness (QED) is 0.0590. The van der Waals surface area contributed by atoms with E-state index < -0.39 is 0 Å². The van der Waals surface area contributed by atoms with Crippen molar-refractivity contribution in [3.8, 4) is 44.8 Å². The van der Waals surface area contributed by atoms with Gasteiger partial charge in [-0.25, -0.2) is 0 Å². The summed E-state index contributed by atoms with van der Waals surface area (Å²) in [5, 5.41) is 42.8. The Morgan fingerprint density at radius 1 is 0.344 bits per heavy atom. The molecule has 128 heavy (non-hydrogen) atoms. The smallest absolute Gasteiger partial charge is 0.222 e. The third-order valence-electron chi connectivity index (χ3n) is 26.0. The number of piperidine rings is 4. The lowest BCUT2D eigenvalue weighted by molar-refractivity contribution is -0.133. The van der Waals surface area contributed by atoms with Crippen molar-refractivity contribution < 1.29 is 19.2 Å². The fourth-order valence-corrected chi connectivity index (χ4v) is 18.4. The van der Waals surface area contributed by atoms with E-state index in [1.54, 1.807) is 23.3 Å². The summed E-state index contributed by atoms with van der Waals surface area (Å²) in [6.07, 6.45) is 34.5. The van der Waals surface area contributed by atoms with Gasteiger partial charge in [-0.05, 0) is 190 Å². The van der Waals surface area contributed by atoms with E-state index in [9.17, 15) is 19.2 Å². The Kier molecular flexibility index (Phi) is 28.0. The predicted octanol–water partition coefficient (Wildman–Crippen LogP) is 17.0. The number of aromatic nitrogens is 17. The van der Waals surface area contributed by atoms with Crippen LogP contribution in [0.15, 0.2) is 262 Å². The van der Waals surface area contributed by atoms with Crippen molar-refractivity contribution in [3.63, 3.8) is 0 Å². The number of nitrogens with zero attached hydrogens (tertiary/aromatic N) is 20. The molecule has 4 amide bonds. The first-order chi connectivity index (χ1) is 62.7. The van der Waals surface area contributed by atoms with Gasteiger partial charge in [0, 0.05) is 186 Å². The molecule has 16 aromatic rings. The minimum absolute atomic E-state index is 0.272. The van der Waals surface area contributed by atoms with Gasteiger partial charge in [-0.1, -0.05) is 151 Å². The first-order valence-corrected chi connectivity index (χ1v) is 45.5. The van der Waals surface area contributed by atoms with Crippen molar-refractivity contribution >= 4 is 67.2 Å². The van der Waals surface area contributed by atoms with Crippen molar-refractivity contribution in [2.75, 3.05) is 52.4 Å². The second-order valence-electron chi connectivity index (χ2n) is 34.8. The number of likely N-dealkylation sites (tertiary alicyclic amines) is 4. The number of carbonyl (C=O) groups is 4. The number of hydrogen-bond donors (Lipinski definition) is 1. The van der Waals surface area contributed by atoms with Crippen molar-refractivity contribution in [3.05, 3.63) is 290 Å². The zero-order valence-corrected chi connectivity index (χ0v) is 73.5. The third-order valence-corrected chi connectivity index (χ3v) is 26.0. The maximum absolute atomic E-state index is 12.6. The summed E-state index contributed by atoms with van der Waals surface area (Å²) in [5.74, 6) is 3.27. The van der Waals surface area contributed by atoms with Gasteiger partial charge in [-0.2, -0.15) is 30.6 Å². The van der Waals surface area contributed by atoms with Crippen LogP contribution in [0, 0.1) is 30.6 Å². The molecule has 12 heterocycles. The van der Waals surface area contributed by atoms with Crippen molar-refractivity contribution in [1.82, 2.24) is 104 Å². The lowest BCUT2D eigenvalue weighted by Gasteiger charge is -2.32. The van der Waals surface area contributed by atoms with E-state index in [2.05, 4.69) is 196 Å².